The van der Waals surface area contributed by atoms with E-state index in [1.54, 1.807) is 42.5 Å². The summed E-state index contributed by atoms with van der Waals surface area (Å²) in [5, 5.41) is 0. The molecule has 0 unspecified atom stereocenters. The van der Waals surface area contributed by atoms with Crippen molar-refractivity contribution in [3.63, 3.8) is 0 Å². The van der Waals surface area contributed by atoms with Crippen molar-refractivity contribution in [2.24, 2.45) is 0 Å². The summed E-state index contributed by atoms with van der Waals surface area (Å²) in [5.41, 5.74) is 1.53. The van der Waals surface area contributed by atoms with Crippen LogP contribution < -0.4 is 4.74 Å². The molecule has 0 aliphatic carbocycles. The summed E-state index contributed by atoms with van der Waals surface area (Å²) in [6, 6.07) is 16.1. The van der Waals surface area contributed by atoms with Crippen LogP contribution in [0.1, 0.15) is 15.9 Å². The first-order valence-electron chi connectivity index (χ1n) is 5.99. The van der Waals surface area contributed by atoms with Gasteiger partial charge in [-0.2, -0.15) is 8.42 Å². The van der Waals surface area contributed by atoms with Crippen LogP contribution in [0.3, 0.4) is 0 Å². The Labute approximate surface area is 128 Å². The van der Waals surface area contributed by atoms with Crippen LogP contribution in [0.15, 0.2) is 61.2 Å². The molecule has 0 saturated heterocycles. The predicted molar refractivity (Wildman–Crippen MR) is 82.1 cm³/mol. The number of hydrogen-bond donors (Lipinski definition) is 2. The van der Waals surface area contributed by atoms with E-state index in [1.807, 2.05) is 18.2 Å². The monoisotopic (exact) mass is 322 g/mol. The second-order valence-corrected chi connectivity index (χ2v) is 4.87. The van der Waals surface area contributed by atoms with Crippen molar-refractivity contribution < 1.29 is 27.1 Å². The summed E-state index contributed by atoms with van der Waals surface area (Å²) in [5.74, 6) is 0.182. The molecule has 2 aromatic carbocycles. The average Bonchev–Trinajstić information content (AvgIpc) is 2.47. The van der Waals surface area contributed by atoms with Crippen molar-refractivity contribution in [2.75, 3.05) is 0 Å². The van der Waals surface area contributed by atoms with E-state index >= 15 is 0 Å². The molecular formula is C15H14O6S. The van der Waals surface area contributed by atoms with E-state index in [2.05, 4.69) is 6.58 Å². The van der Waals surface area contributed by atoms with Crippen LogP contribution in [0.5, 0.6) is 5.75 Å². The molecule has 0 heterocycles. The summed E-state index contributed by atoms with van der Waals surface area (Å²) in [4.78, 5) is 11.7. The summed E-state index contributed by atoms with van der Waals surface area (Å²) >= 11 is 0. The van der Waals surface area contributed by atoms with E-state index in [9.17, 15) is 4.79 Å². The molecule has 6 nitrogen and oxygen atoms in total. The van der Waals surface area contributed by atoms with Crippen LogP contribution in [0.25, 0.3) is 6.08 Å². The Balaban J connectivity index is 0.000000422. The maximum absolute atomic E-state index is 11.7. The maximum Gasteiger partial charge on any atom is 0.394 e. The smallest absolute Gasteiger partial charge is 0.394 e. The van der Waals surface area contributed by atoms with Crippen molar-refractivity contribution in [2.45, 2.75) is 0 Å². The molecule has 0 radical (unpaired) electrons. The zero-order valence-electron chi connectivity index (χ0n) is 11.4. The lowest BCUT2D eigenvalue weighted by atomic mass is 10.2. The molecule has 2 aromatic rings. The van der Waals surface area contributed by atoms with E-state index < -0.39 is 10.4 Å². The second-order valence-electron chi connectivity index (χ2n) is 3.98. The molecule has 0 aliphatic heterocycles. The van der Waals surface area contributed by atoms with Gasteiger partial charge >= 0.3 is 16.4 Å². The normalized spacial score (nSPS) is 10.1. The molecular weight excluding hydrogens is 308 g/mol. The van der Waals surface area contributed by atoms with Gasteiger partial charge in [-0.3, -0.25) is 9.11 Å². The highest BCUT2D eigenvalue weighted by Crippen LogP contribution is 2.14. The average molecular weight is 322 g/mol. The SMILES string of the molecule is C=Cc1ccc(OC(=O)c2ccccc2)cc1.O=S(=O)(O)O. The Morgan fingerprint density at radius 2 is 1.50 bits per heavy atom. The molecule has 0 saturated carbocycles. The van der Waals surface area contributed by atoms with Crippen molar-refractivity contribution in [3.8, 4) is 5.75 Å². The van der Waals surface area contributed by atoms with Crippen molar-refractivity contribution in [1.82, 2.24) is 0 Å². The van der Waals surface area contributed by atoms with Crippen LogP contribution in [0.2, 0.25) is 0 Å². The number of rotatable bonds is 3. The minimum atomic E-state index is -4.67. The van der Waals surface area contributed by atoms with Gasteiger partial charge in [-0.1, -0.05) is 43.0 Å². The van der Waals surface area contributed by atoms with Gasteiger partial charge in [0.05, 0.1) is 5.56 Å². The van der Waals surface area contributed by atoms with E-state index in [-0.39, 0.29) is 5.97 Å². The fraction of sp³-hybridized carbons (Fsp3) is 0. The number of ether oxygens (including phenoxy) is 1. The minimum Gasteiger partial charge on any atom is -0.423 e. The predicted octanol–water partition coefficient (Wildman–Crippen LogP) is 2.90. The summed E-state index contributed by atoms with van der Waals surface area (Å²) in [7, 11) is -4.67. The van der Waals surface area contributed by atoms with Crippen LogP contribution in [-0.2, 0) is 10.4 Å². The third-order valence-electron chi connectivity index (χ3n) is 2.34. The van der Waals surface area contributed by atoms with Gasteiger partial charge in [0, 0.05) is 0 Å². The quantitative estimate of drug-likeness (QED) is 0.512. The third-order valence-corrected chi connectivity index (χ3v) is 2.34. The maximum atomic E-state index is 11.7. The van der Waals surface area contributed by atoms with Crippen molar-refractivity contribution in [3.05, 3.63) is 72.3 Å². The highest BCUT2D eigenvalue weighted by atomic mass is 32.3. The molecule has 0 aromatic heterocycles. The van der Waals surface area contributed by atoms with E-state index in [0.717, 1.165) is 5.56 Å². The fourth-order valence-electron chi connectivity index (χ4n) is 1.41. The second kappa shape index (κ2) is 8.08. The van der Waals surface area contributed by atoms with Gasteiger partial charge in [-0.15, -0.1) is 0 Å². The topological polar surface area (TPSA) is 101 Å². The Bertz CT molecular complexity index is 712. The number of carbonyl (C=O) groups excluding carboxylic acids is 1. The van der Waals surface area contributed by atoms with Crippen LogP contribution >= 0.6 is 0 Å². The lowest BCUT2D eigenvalue weighted by Gasteiger charge is -2.04. The molecule has 0 fully saturated rings. The highest BCUT2D eigenvalue weighted by Gasteiger charge is 2.06. The lowest BCUT2D eigenvalue weighted by molar-refractivity contribution is 0.0734. The molecule has 0 spiro atoms. The largest absolute Gasteiger partial charge is 0.423 e. The summed E-state index contributed by atoms with van der Waals surface area (Å²) in [6.07, 6.45) is 1.74. The Kier molecular flexibility index (Phi) is 6.46. The Morgan fingerprint density at radius 1 is 1.00 bits per heavy atom. The fourth-order valence-corrected chi connectivity index (χ4v) is 1.41. The molecule has 2 rings (SSSR count). The van der Waals surface area contributed by atoms with Gasteiger partial charge in [0.2, 0.25) is 0 Å². The van der Waals surface area contributed by atoms with Gasteiger partial charge < -0.3 is 4.74 Å². The summed E-state index contributed by atoms with van der Waals surface area (Å²) < 4.78 is 36.8. The lowest BCUT2D eigenvalue weighted by Crippen LogP contribution is -2.07. The molecule has 0 bridgehead atoms. The first-order chi connectivity index (χ1) is 10.3. The summed E-state index contributed by atoms with van der Waals surface area (Å²) in [6.45, 7) is 3.66. The van der Waals surface area contributed by atoms with Crippen molar-refractivity contribution in [1.29, 1.82) is 0 Å². The molecule has 2 N–H and O–H groups in total. The van der Waals surface area contributed by atoms with Gasteiger partial charge in [0.1, 0.15) is 5.75 Å². The van der Waals surface area contributed by atoms with Crippen LogP contribution in [0.4, 0.5) is 0 Å². The highest BCUT2D eigenvalue weighted by molar-refractivity contribution is 7.79. The molecule has 7 heteroatoms. The van der Waals surface area contributed by atoms with E-state index in [1.165, 1.54) is 0 Å². The molecule has 0 atom stereocenters. The van der Waals surface area contributed by atoms with Gasteiger partial charge in [0.25, 0.3) is 0 Å². The Hall–Kier alpha value is -2.48. The number of benzene rings is 2. The van der Waals surface area contributed by atoms with Crippen LogP contribution in [-0.4, -0.2) is 23.5 Å². The molecule has 22 heavy (non-hydrogen) atoms. The first kappa shape index (κ1) is 17.6. The third kappa shape index (κ3) is 7.34. The molecule has 116 valence electrons. The van der Waals surface area contributed by atoms with Crippen molar-refractivity contribution >= 4 is 22.4 Å². The number of carbonyl (C=O) groups is 1. The first-order valence-corrected chi connectivity index (χ1v) is 7.39. The number of hydrogen-bond acceptors (Lipinski definition) is 4. The van der Waals surface area contributed by atoms with E-state index in [0.29, 0.717) is 11.3 Å². The minimum absolute atomic E-state index is 0.350. The van der Waals surface area contributed by atoms with Gasteiger partial charge in [-0.25, -0.2) is 4.79 Å². The number of esters is 1. The van der Waals surface area contributed by atoms with Gasteiger partial charge in [0.15, 0.2) is 0 Å². The molecule has 0 amide bonds. The standard InChI is InChI=1S/C15H12O2.H2O4S/c1-2-12-8-10-14(11-9-12)17-15(16)13-6-4-3-5-7-13;1-5(2,3)4/h2-11H,1H2;(H2,1,2,3,4). The Morgan fingerprint density at radius 3 is 1.95 bits per heavy atom. The van der Waals surface area contributed by atoms with Gasteiger partial charge in [-0.05, 0) is 29.8 Å². The van der Waals surface area contributed by atoms with E-state index in [4.69, 9.17) is 22.3 Å². The van der Waals surface area contributed by atoms with Crippen LogP contribution in [0, 0.1) is 0 Å². The zero-order valence-corrected chi connectivity index (χ0v) is 12.2. The zero-order chi connectivity index (χ0) is 16.6. The molecule has 0 aliphatic rings.